The van der Waals surface area contributed by atoms with Crippen LogP contribution in [0.2, 0.25) is 0 Å². The zero-order valence-corrected chi connectivity index (χ0v) is 8.50. The molecule has 1 aromatic heterocycles. The zero-order chi connectivity index (χ0) is 11.5. The standard InChI is InChI=1S/C10H11N3O3/c14-10-5-9(13(15)16)7(6-12-10)8-3-1-2-4-11-8/h1-4,7,9H,5-6H2,(H,12,14). The summed E-state index contributed by atoms with van der Waals surface area (Å²) in [7, 11) is 0. The topological polar surface area (TPSA) is 85.1 Å². The van der Waals surface area contributed by atoms with Gasteiger partial charge in [0.05, 0.1) is 18.0 Å². The Bertz CT molecular complexity index is 407. The molecule has 1 aliphatic rings. The molecule has 1 saturated heterocycles. The maximum Gasteiger partial charge on any atom is 0.231 e. The lowest BCUT2D eigenvalue weighted by molar-refractivity contribution is -0.526. The molecule has 1 amide bonds. The molecule has 6 heteroatoms. The lowest BCUT2D eigenvalue weighted by atomic mass is 9.90. The predicted octanol–water partition coefficient (Wildman–Crippen LogP) is 0.330. The minimum Gasteiger partial charge on any atom is -0.355 e. The van der Waals surface area contributed by atoms with Crippen LogP contribution in [0.25, 0.3) is 0 Å². The van der Waals surface area contributed by atoms with Crippen molar-refractivity contribution in [3.63, 3.8) is 0 Å². The van der Waals surface area contributed by atoms with Crippen LogP contribution >= 0.6 is 0 Å². The van der Waals surface area contributed by atoms with Gasteiger partial charge in [-0.1, -0.05) is 6.07 Å². The van der Waals surface area contributed by atoms with E-state index in [-0.39, 0.29) is 24.8 Å². The summed E-state index contributed by atoms with van der Waals surface area (Å²) in [5, 5.41) is 13.5. The number of hydrogen-bond acceptors (Lipinski definition) is 4. The van der Waals surface area contributed by atoms with Crippen LogP contribution in [0, 0.1) is 10.1 Å². The van der Waals surface area contributed by atoms with Gasteiger partial charge in [0.1, 0.15) is 0 Å². The number of nitro groups is 1. The third-order valence-electron chi connectivity index (χ3n) is 2.72. The molecule has 1 fully saturated rings. The highest BCUT2D eigenvalue weighted by atomic mass is 16.6. The van der Waals surface area contributed by atoms with Crippen molar-refractivity contribution in [2.45, 2.75) is 18.4 Å². The molecule has 1 aliphatic heterocycles. The molecule has 1 aromatic rings. The fraction of sp³-hybridized carbons (Fsp3) is 0.400. The van der Waals surface area contributed by atoms with Crippen molar-refractivity contribution in [2.75, 3.05) is 6.54 Å². The van der Waals surface area contributed by atoms with Gasteiger partial charge in [-0.15, -0.1) is 0 Å². The Morgan fingerprint density at radius 3 is 2.94 bits per heavy atom. The molecule has 2 unspecified atom stereocenters. The number of nitrogens with zero attached hydrogens (tertiary/aromatic N) is 2. The maximum atomic E-state index is 11.1. The lowest BCUT2D eigenvalue weighted by Crippen LogP contribution is -2.45. The molecule has 2 rings (SSSR count). The van der Waals surface area contributed by atoms with E-state index in [1.807, 2.05) is 0 Å². The van der Waals surface area contributed by atoms with Gasteiger partial charge in [-0.3, -0.25) is 19.9 Å². The van der Waals surface area contributed by atoms with Crippen LogP contribution in [0.15, 0.2) is 24.4 Å². The Hall–Kier alpha value is -1.98. The Kier molecular flexibility index (Phi) is 2.80. The van der Waals surface area contributed by atoms with Gasteiger partial charge in [-0.2, -0.15) is 0 Å². The molecule has 6 nitrogen and oxygen atoms in total. The van der Waals surface area contributed by atoms with Crippen LogP contribution in [0.3, 0.4) is 0 Å². The van der Waals surface area contributed by atoms with Crippen molar-refractivity contribution < 1.29 is 9.72 Å². The summed E-state index contributed by atoms with van der Waals surface area (Å²) in [5.41, 5.74) is 0.657. The number of carbonyl (C=O) groups is 1. The van der Waals surface area contributed by atoms with Crippen LogP contribution in [0.5, 0.6) is 0 Å². The summed E-state index contributed by atoms with van der Waals surface area (Å²) in [6.45, 7) is 0.279. The number of piperidine rings is 1. The van der Waals surface area contributed by atoms with Crippen molar-refractivity contribution in [2.24, 2.45) is 0 Å². The van der Waals surface area contributed by atoms with Crippen molar-refractivity contribution in [3.8, 4) is 0 Å². The average Bonchev–Trinajstić information content (AvgIpc) is 2.30. The minimum atomic E-state index is -0.872. The highest BCUT2D eigenvalue weighted by Crippen LogP contribution is 2.24. The lowest BCUT2D eigenvalue weighted by Gasteiger charge is -2.25. The molecule has 0 saturated carbocycles. The summed E-state index contributed by atoms with van der Waals surface area (Å²) >= 11 is 0. The quantitative estimate of drug-likeness (QED) is 0.576. The molecule has 0 aromatic carbocycles. The van der Waals surface area contributed by atoms with Crippen molar-refractivity contribution in [1.29, 1.82) is 0 Å². The fourth-order valence-corrected chi connectivity index (χ4v) is 1.88. The Balaban J connectivity index is 2.25. The van der Waals surface area contributed by atoms with Crippen molar-refractivity contribution >= 4 is 5.91 Å². The number of pyridine rings is 1. The highest BCUT2D eigenvalue weighted by Gasteiger charge is 2.39. The highest BCUT2D eigenvalue weighted by molar-refractivity contribution is 5.77. The second-order valence-electron chi connectivity index (χ2n) is 3.72. The third kappa shape index (κ3) is 2.00. The predicted molar refractivity (Wildman–Crippen MR) is 55.4 cm³/mol. The van der Waals surface area contributed by atoms with Crippen LogP contribution in [-0.4, -0.2) is 28.4 Å². The first-order valence-corrected chi connectivity index (χ1v) is 4.99. The summed E-state index contributed by atoms with van der Waals surface area (Å²) in [5.74, 6) is -0.609. The van der Waals surface area contributed by atoms with E-state index in [0.717, 1.165) is 0 Å². The monoisotopic (exact) mass is 221 g/mol. The number of amides is 1. The van der Waals surface area contributed by atoms with E-state index in [0.29, 0.717) is 5.69 Å². The summed E-state index contributed by atoms with van der Waals surface area (Å²) in [6, 6.07) is 4.42. The molecule has 16 heavy (non-hydrogen) atoms. The maximum absolute atomic E-state index is 11.1. The summed E-state index contributed by atoms with van der Waals surface area (Å²) in [6.07, 6.45) is 1.52. The van der Waals surface area contributed by atoms with E-state index in [1.165, 1.54) is 0 Å². The molecule has 0 spiro atoms. The number of carbonyl (C=O) groups excluding carboxylic acids is 1. The van der Waals surface area contributed by atoms with Gasteiger partial charge >= 0.3 is 0 Å². The Morgan fingerprint density at radius 1 is 1.50 bits per heavy atom. The third-order valence-corrected chi connectivity index (χ3v) is 2.72. The fourth-order valence-electron chi connectivity index (χ4n) is 1.88. The smallest absolute Gasteiger partial charge is 0.231 e. The number of rotatable bonds is 2. The largest absolute Gasteiger partial charge is 0.355 e. The van der Waals surface area contributed by atoms with Crippen molar-refractivity contribution in [3.05, 3.63) is 40.2 Å². The summed E-state index contributed by atoms with van der Waals surface area (Å²) in [4.78, 5) is 25.7. The number of hydrogen-bond donors (Lipinski definition) is 1. The molecular formula is C10H11N3O3. The van der Waals surface area contributed by atoms with Gasteiger partial charge in [0.15, 0.2) is 0 Å². The van der Waals surface area contributed by atoms with E-state index in [1.54, 1.807) is 24.4 Å². The average molecular weight is 221 g/mol. The van der Waals surface area contributed by atoms with Gasteiger partial charge in [-0.05, 0) is 12.1 Å². The van der Waals surface area contributed by atoms with E-state index in [2.05, 4.69) is 10.3 Å². The van der Waals surface area contributed by atoms with Crippen LogP contribution in [0.4, 0.5) is 0 Å². The molecule has 84 valence electrons. The summed E-state index contributed by atoms with van der Waals surface area (Å²) < 4.78 is 0. The normalized spacial score (nSPS) is 24.9. The second-order valence-corrected chi connectivity index (χ2v) is 3.72. The number of aromatic nitrogens is 1. The molecule has 0 radical (unpaired) electrons. The SMILES string of the molecule is O=C1CC([N+](=O)[O-])C(c2ccccn2)CN1. The first-order valence-electron chi connectivity index (χ1n) is 4.99. The van der Waals surface area contributed by atoms with Gasteiger partial charge in [0.25, 0.3) is 0 Å². The van der Waals surface area contributed by atoms with E-state index in [9.17, 15) is 14.9 Å². The zero-order valence-electron chi connectivity index (χ0n) is 8.50. The molecule has 0 aliphatic carbocycles. The number of nitrogens with one attached hydrogen (secondary N) is 1. The molecule has 0 bridgehead atoms. The first-order chi connectivity index (χ1) is 7.68. The van der Waals surface area contributed by atoms with Crippen molar-refractivity contribution in [1.82, 2.24) is 10.3 Å². The van der Waals surface area contributed by atoms with Gasteiger partial charge in [0.2, 0.25) is 11.9 Å². The van der Waals surface area contributed by atoms with Gasteiger partial charge < -0.3 is 5.32 Å². The molecule has 2 heterocycles. The second kappa shape index (κ2) is 4.26. The van der Waals surface area contributed by atoms with E-state index < -0.39 is 11.0 Å². The van der Waals surface area contributed by atoms with Crippen LogP contribution < -0.4 is 5.32 Å². The first kappa shape index (κ1) is 10.5. The van der Waals surface area contributed by atoms with E-state index in [4.69, 9.17) is 0 Å². The van der Waals surface area contributed by atoms with Crippen LogP contribution in [-0.2, 0) is 4.79 Å². The molecule has 2 atom stereocenters. The Labute approximate surface area is 91.8 Å². The Morgan fingerprint density at radius 2 is 2.31 bits per heavy atom. The van der Waals surface area contributed by atoms with E-state index >= 15 is 0 Å². The van der Waals surface area contributed by atoms with Gasteiger partial charge in [0, 0.05) is 17.7 Å². The van der Waals surface area contributed by atoms with Crippen LogP contribution in [0.1, 0.15) is 18.0 Å². The van der Waals surface area contributed by atoms with Gasteiger partial charge in [-0.25, -0.2) is 0 Å². The molecule has 1 N–H and O–H groups in total. The minimum absolute atomic E-state index is 0.0752. The molecular weight excluding hydrogens is 210 g/mol.